The fourth-order valence-electron chi connectivity index (χ4n) is 1.08. The molecule has 0 aliphatic carbocycles. The lowest BCUT2D eigenvalue weighted by atomic mass is 10.2. The van der Waals surface area contributed by atoms with Crippen molar-refractivity contribution >= 4 is 16.7 Å². The van der Waals surface area contributed by atoms with Gasteiger partial charge in [0, 0.05) is 12.4 Å². The van der Waals surface area contributed by atoms with E-state index in [4.69, 9.17) is 0 Å². The highest BCUT2D eigenvalue weighted by atomic mass is 15.2. The van der Waals surface area contributed by atoms with Crippen LogP contribution in [0.15, 0.2) is 30.3 Å². The van der Waals surface area contributed by atoms with Crippen LogP contribution in [0.5, 0.6) is 0 Å². The molecule has 0 aliphatic heterocycles. The van der Waals surface area contributed by atoms with Crippen molar-refractivity contribution in [3.05, 3.63) is 30.3 Å². The Morgan fingerprint density at radius 3 is 2.83 bits per heavy atom. The quantitative estimate of drug-likeness (QED) is 0.630. The molecule has 59 valence electrons. The predicted molar refractivity (Wildman–Crippen MR) is 47.3 cm³/mol. The zero-order valence-corrected chi connectivity index (χ0v) is 6.73. The molecule has 0 bridgehead atoms. The Morgan fingerprint density at radius 2 is 2.00 bits per heavy atom. The highest BCUT2D eigenvalue weighted by Gasteiger charge is 1.95. The molecular weight excluding hydrogens is 150 g/mol. The van der Waals surface area contributed by atoms with Gasteiger partial charge in [0.15, 0.2) is 5.82 Å². The molecule has 0 N–H and O–H groups in total. The van der Waals surface area contributed by atoms with E-state index in [9.17, 15) is 0 Å². The van der Waals surface area contributed by atoms with Crippen LogP contribution >= 0.6 is 0 Å². The second-order valence-corrected chi connectivity index (χ2v) is 2.48. The van der Waals surface area contributed by atoms with E-state index in [1.807, 2.05) is 30.3 Å². The van der Waals surface area contributed by atoms with Gasteiger partial charge in [-0.05, 0) is 12.1 Å². The minimum atomic E-state index is 0.675. The molecule has 0 amide bonds. The van der Waals surface area contributed by atoms with Crippen LogP contribution in [0.1, 0.15) is 0 Å². The fraction of sp³-hybridized carbons (Fsp3) is 0.111. The summed E-state index contributed by atoms with van der Waals surface area (Å²) < 4.78 is 0. The second-order valence-electron chi connectivity index (χ2n) is 2.48. The lowest BCUT2D eigenvalue weighted by Gasteiger charge is -1.97. The summed E-state index contributed by atoms with van der Waals surface area (Å²) >= 11 is 0. The zero-order valence-electron chi connectivity index (χ0n) is 6.73. The van der Waals surface area contributed by atoms with E-state index in [1.165, 1.54) is 0 Å². The molecule has 12 heavy (non-hydrogen) atoms. The van der Waals surface area contributed by atoms with Crippen LogP contribution < -0.4 is 5.32 Å². The van der Waals surface area contributed by atoms with E-state index in [1.54, 1.807) is 7.05 Å². The largest absolute Gasteiger partial charge is 0.269 e. The predicted octanol–water partition coefficient (Wildman–Crippen LogP) is 1.50. The summed E-state index contributed by atoms with van der Waals surface area (Å²) in [6, 6.07) is 9.77. The Balaban J connectivity index is 2.67. The average molecular weight is 158 g/mol. The van der Waals surface area contributed by atoms with Crippen LogP contribution in [0, 0.1) is 0 Å². The monoisotopic (exact) mass is 158 g/mol. The summed E-state index contributed by atoms with van der Waals surface area (Å²) in [6.07, 6.45) is 0. The summed E-state index contributed by atoms with van der Waals surface area (Å²) in [5.41, 5.74) is 0.907. The number of hydrogen-bond donors (Lipinski definition) is 0. The summed E-state index contributed by atoms with van der Waals surface area (Å²) in [4.78, 5) is 0. The van der Waals surface area contributed by atoms with E-state index in [0.717, 1.165) is 10.9 Å². The minimum Gasteiger partial charge on any atom is -0.269 e. The molecule has 0 saturated heterocycles. The van der Waals surface area contributed by atoms with Gasteiger partial charge in [-0.3, -0.25) is 5.32 Å². The first-order chi connectivity index (χ1) is 5.90. The first kappa shape index (κ1) is 7.03. The topological polar surface area (TPSA) is 39.9 Å². The molecule has 2 rings (SSSR count). The highest BCUT2D eigenvalue weighted by molar-refractivity contribution is 5.79. The molecule has 1 radical (unpaired) electrons. The molecule has 0 saturated carbocycles. The van der Waals surface area contributed by atoms with Gasteiger partial charge >= 0.3 is 0 Å². The molecule has 1 heterocycles. The average Bonchev–Trinajstić information content (AvgIpc) is 2.17. The van der Waals surface area contributed by atoms with Crippen LogP contribution in [0.2, 0.25) is 0 Å². The Kier molecular flexibility index (Phi) is 1.63. The molecule has 0 fully saturated rings. The molecule has 1 aromatic carbocycles. The Labute approximate surface area is 70.4 Å². The Morgan fingerprint density at radius 1 is 1.17 bits per heavy atom. The second kappa shape index (κ2) is 2.77. The van der Waals surface area contributed by atoms with Gasteiger partial charge in [0.05, 0.1) is 5.52 Å². The minimum absolute atomic E-state index is 0.675. The third-order valence-electron chi connectivity index (χ3n) is 1.71. The van der Waals surface area contributed by atoms with Crippen molar-refractivity contribution in [2.45, 2.75) is 0 Å². The summed E-state index contributed by atoms with van der Waals surface area (Å²) in [6.45, 7) is 0. The smallest absolute Gasteiger partial charge is 0.170 e. The van der Waals surface area contributed by atoms with Crippen LogP contribution in [0.3, 0.4) is 0 Å². The zero-order chi connectivity index (χ0) is 8.39. The Hall–Kier alpha value is -1.64. The number of hydrogen-bond acceptors (Lipinski definition) is 2. The van der Waals surface area contributed by atoms with Crippen molar-refractivity contribution in [1.29, 1.82) is 0 Å². The lowest BCUT2D eigenvalue weighted by molar-refractivity contribution is 0.957. The summed E-state index contributed by atoms with van der Waals surface area (Å²) in [5, 5.41) is 12.9. The van der Waals surface area contributed by atoms with Gasteiger partial charge in [0.25, 0.3) is 0 Å². The number of rotatable bonds is 1. The number of benzene rings is 1. The molecule has 0 atom stereocenters. The maximum absolute atomic E-state index is 4.01. The van der Waals surface area contributed by atoms with Crippen molar-refractivity contribution in [3.63, 3.8) is 0 Å². The maximum atomic E-state index is 4.01. The number of nitrogens with zero attached hydrogens (tertiary/aromatic N) is 3. The van der Waals surface area contributed by atoms with Gasteiger partial charge in [-0.15, -0.1) is 10.2 Å². The number of aromatic nitrogens is 2. The van der Waals surface area contributed by atoms with Crippen molar-refractivity contribution in [3.8, 4) is 0 Å². The molecule has 0 spiro atoms. The van der Waals surface area contributed by atoms with E-state index in [-0.39, 0.29) is 0 Å². The van der Waals surface area contributed by atoms with Gasteiger partial charge in [0.2, 0.25) is 0 Å². The molecule has 1 aromatic heterocycles. The highest BCUT2D eigenvalue weighted by Crippen LogP contribution is 2.12. The van der Waals surface area contributed by atoms with Gasteiger partial charge < -0.3 is 0 Å². The van der Waals surface area contributed by atoms with Crippen molar-refractivity contribution in [2.75, 3.05) is 7.05 Å². The maximum Gasteiger partial charge on any atom is 0.170 e. The van der Waals surface area contributed by atoms with Gasteiger partial charge in [-0.25, -0.2) is 0 Å². The molecule has 0 unspecified atom stereocenters. The van der Waals surface area contributed by atoms with Crippen LogP contribution in [-0.4, -0.2) is 17.2 Å². The number of fused-ring (bicyclic) bond motifs is 1. The lowest BCUT2D eigenvalue weighted by Crippen LogP contribution is -1.92. The first-order valence-corrected chi connectivity index (χ1v) is 3.72. The van der Waals surface area contributed by atoms with Crippen molar-refractivity contribution in [2.24, 2.45) is 0 Å². The van der Waals surface area contributed by atoms with Crippen LogP contribution in [0.25, 0.3) is 10.9 Å². The molecule has 2 aromatic rings. The fourth-order valence-corrected chi connectivity index (χ4v) is 1.08. The van der Waals surface area contributed by atoms with Crippen LogP contribution in [-0.2, 0) is 0 Å². The third kappa shape index (κ3) is 1.09. The van der Waals surface area contributed by atoms with Crippen molar-refractivity contribution < 1.29 is 0 Å². The summed E-state index contributed by atoms with van der Waals surface area (Å²) in [7, 11) is 1.71. The SMILES string of the molecule is C[N]c1cc2ccccc2nn1. The summed E-state index contributed by atoms with van der Waals surface area (Å²) in [5.74, 6) is 0.675. The van der Waals surface area contributed by atoms with E-state index in [0.29, 0.717) is 5.82 Å². The Bertz CT molecular complexity index is 398. The molecule has 3 nitrogen and oxygen atoms in total. The normalized spacial score (nSPS) is 10.1. The van der Waals surface area contributed by atoms with E-state index in [2.05, 4.69) is 15.5 Å². The van der Waals surface area contributed by atoms with Gasteiger partial charge in [-0.1, -0.05) is 18.2 Å². The molecule has 3 heteroatoms. The standard InChI is InChI=1S/C9H8N3/c1-10-9-6-7-4-2-3-5-8(7)11-12-9/h2-6H,1H3. The van der Waals surface area contributed by atoms with E-state index < -0.39 is 0 Å². The molecular formula is C9H8N3. The van der Waals surface area contributed by atoms with Gasteiger partial charge in [-0.2, -0.15) is 0 Å². The van der Waals surface area contributed by atoms with E-state index >= 15 is 0 Å². The third-order valence-corrected chi connectivity index (χ3v) is 1.71. The van der Waals surface area contributed by atoms with Gasteiger partial charge in [0.1, 0.15) is 0 Å². The molecule has 0 aliphatic rings. The van der Waals surface area contributed by atoms with Crippen molar-refractivity contribution in [1.82, 2.24) is 15.5 Å². The van der Waals surface area contributed by atoms with Crippen LogP contribution in [0.4, 0.5) is 5.82 Å². The first-order valence-electron chi connectivity index (χ1n) is 3.72.